The minimum absolute atomic E-state index is 0.158. The lowest BCUT2D eigenvalue weighted by Gasteiger charge is -2.06. The molecule has 3 rings (SSSR count). The molecular formula is C17H12N2O5. The molecule has 0 bridgehead atoms. The predicted octanol–water partition coefficient (Wildman–Crippen LogP) is 3.26. The van der Waals surface area contributed by atoms with Crippen LogP contribution in [0, 0.1) is 17.0 Å². The number of amides is 1. The van der Waals surface area contributed by atoms with Gasteiger partial charge in [0.15, 0.2) is 0 Å². The maximum absolute atomic E-state index is 12.3. The van der Waals surface area contributed by atoms with Crippen molar-refractivity contribution in [1.82, 2.24) is 0 Å². The summed E-state index contributed by atoms with van der Waals surface area (Å²) in [5, 5.41) is 13.9. The number of nitrogens with one attached hydrogen (secondary N) is 1. The number of hydrogen-bond donors (Lipinski definition) is 1. The number of benzene rings is 2. The van der Waals surface area contributed by atoms with Gasteiger partial charge in [0.1, 0.15) is 11.1 Å². The number of rotatable bonds is 3. The smallest absolute Gasteiger partial charge is 0.349 e. The molecule has 0 atom stereocenters. The summed E-state index contributed by atoms with van der Waals surface area (Å²) >= 11 is 0. The number of nitro groups is 1. The van der Waals surface area contributed by atoms with E-state index in [1.54, 1.807) is 25.1 Å². The van der Waals surface area contributed by atoms with E-state index in [-0.39, 0.29) is 16.9 Å². The molecular weight excluding hydrogens is 312 g/mol. The third-order valence-electron chi connectivity index (χ3n) is 3.52. The normalized spacial score (nSPS) is 10.5. The van der Waals surface area contributed by atoms with Crippen molar-refractivity contribution in [2.45, 2.75) is 6.92 Å². The summed E-state index contributed by atoms with van der Waals surface area (Å²) < 4.78 is 5.22. The van der Waals surface area contributed by atoms with Crippen LogP contribution in [0.5, 0.6) is 0 Å². The molecule has 0 radical (unpaired) electrons. The maximum atomic E-state index is 12.3. The zero-order chi connectivity index (χ0) is 17.3. The van der Waals surface area contributed by atoms with Crippen molar-refractivity contribution < 1.29 is 14.1 Å². The molecule has 0 saturated heterocycles. The van der Waals surface area contributed by atoms with E-state index in [1.807, 2.05) is 0 Å². The second-order valence-electron chi connectivity index (χ2n) is 5.20. The number of non-ortho nitro benzene ring substituents is 1. The van der Waals surface area contributed by atoms with Gasteiger partial charge in [0.05, 0.1) is 4.92 Å². The SMILES string of the molecule is Cc1cccc2cc(C(=O)Nc3cccc([N+](=O)[O-])c3)c(=O)oc12. The van der Waals surface area contributed by atoms with E-state index in [1.165, 1.54) is 30.3 Å². The molecule has 0 unspecified atom stereocenters. The van der Waals surface area contributed by atoms with Crippen LogP contribution in [0.1, 0.15) is 15.9 Å². The van der Waals surface area contributed by atoms with E-state index in [4.69, 9.17) is 4.42 Å². The molecule has 0 aliphatic carbocycles. The number of nitro benzene ring substituents is 1. The molecule has 1 heterocycles. The van der Waals surface area contributed by atoms with Gasteiger partial charge in [-0.1, -0.05) is 24.3 Å². The number of fused-ring (bicyclic) bond motifs is 1. The first-order chi connectivity index (χ1) is 11.5. The number of nitrogens with zero attached hydrogens (tertiary/aromatic N) is 1. The van der Waals surface area contributed by atoms with E-state index in [0.29, 0.717) is 11.0 Å². The lowest BCUT2D eigenvalue weighted by Crippen LogP contribution is -2.20. The van der Waals surface area contributed by atoms with Crippen molar-refractivity contribution in [2.75, 3.05) is 5.32 Å². The molecule has 0 spiro atoms. The summed E-state index contributed by atoms with van der Waals surface area (Å²) in [5.41, 5.74) is 0.343. The molecule has 1 N–H and O–H groups in total. The van der Waals surface area contributed by atoms with Crippen molar-refractivity contribution in [1.29, 1.82) is 0 Å². The highest BCUT2D eigenvalue weighted by molar-refractivity contribution is 6.05. The summed E-state index contributed by atoms with van der Waals surface area (Å²) in [6, 6.07) is 12.2. The molecule has 1 amide bonds. The van der Waals surface area contributed by atoms with E-state index >= 15 is 0 Å². The molecule has 0 aliphatic rings. The molecule has 0 fully saturated rings. The number of hydrogen-bond acceptors (Lipinski definition) is 5. The Labute approximate surface area is 135 Å². The molecule has 0 saturated carbocycles. The number of aryl methyl sites for hydroxylation is 1. The predicted molar refractivity (Wildman–Crippen MR) is 88.3 cm³/mol. The van der Waals surface area contributed by atoms with Gasteiger partial charge in [-0.25, -0.2) is 4.79 Å². The second kappa shape index (κ2) is 5.96. The Bertz CT molecular complexity index is 1020. The van der Waals surface area contributed by atoms with Gasteiger partial charge in [-0.15, -0.1) is 0 Å². The highest BCUT2D eigenvalue weighted by Crippen LogP contribution is 2.20. The van der Waals surface area contributed by atoms with E-state index in [0.717, 1.165) is 5.56 Å². The zero-order valence-corrected chi connectivity index (χ0v) is 12.6. The van der Waals surface area contributed by atoms with Gasteiger partial charge < -0.3 is 9.73 Å². The van der Waals surface area contributed by atoms with E-state index in [9.17, 15) is 19.7 Å². The summed E-state index contributed by atoms with van der Waals surface area (Å²) in [6.07, 6.45) is 0. The highest BCUT2D eigenvalue weighted by Gasteiger charge is 2.15. The fourth-order valence-electron chi connectivity index (χ4n) is 2.34. The van der Waals surface area contributed by atoms with Crippen molar-refractivity contribution >= 4 is 28.3 Å². The van der Waals surface area contributed by atoms with Crippen LogP contribution in [-0.4, -0.2) is 10.8 Å². The molecule has 24 heavy (non-hydrogen) atoms. The van der Waals surface area contributed by atoms with Crippen LogP contribution < -0.4 is 10.9 Å². The minimum Gasteiger partial charge on any atom is -0.422 e. The third-order valence-corrected chi connectivity index (χ3v) is 3.52. The van der Waals surface area contributed by atoms with Crippen molar-refractivity contribution in [2.24, 2.45) is 0 Å². The Balaban J connectivity index is 1.97. The van der Waals surface area contributed by atoms with Gasteiger partial charge in [-0.2, -0.15) is 0 Å². The van der Waals surface area contributed by atoms with E-state index < -0.39 is 16.5 Å². The second-order valence-corrected chi connectivity index (χ2v) is 5.20. The monoisotopic (exact) mass is 324 g/mol. The average molecular weight is 324 g/mol. The summed E-state index contributed by atoms with van der Waals surface area (Å²) in [5.74, 6) is -0.687. The standard InChI is InChI=1S/C17H12N2O5/c1-10-4-2-5-11-8-14(17(21)24-15(10)11)16(20)18-12-6-3-7-13(9-12)19(22)23/h2-9H,1H3,(H,18,20). The van der Waals surface area contributed by atoms with Crippen LogP contribution in [0.25, 0.3) is 11.0 Å². The molecule has 3 aromatic rings. The number of carbonyl (C=O) groups excluding carboxylic acids is 1. The Morgan fingerprint density at radius 3 is 2.67 bits per heavy atom. The zero-order valence-electron chi connectivity index (χ0n) is 12.6. The van der Waals surface area contributed by atoms with Crippen LogP contribution in [0.2, 0.25) is 0 Å². The van der Waals surface area contributed by atoms with Gasteiger partial charge in [0, 0.05) is 23.2 Å². The average Bonchev–Trinajstić information content (AvgIpc) is 2.55. The van der Waals surface area contributed by atoms with Gasteiger partial charge in [-0.3, -0.25) is 14.9 Å². The molecule has 7 nitrogen and oxygen atoms in total. The summed E-state index contributed by atoms with van der Waals surface area (Å²) in [4.78, 5) is 34.6. The Morgan fingerprint density at radius 1 is 1.17 bits per heavy atom. The quantitative estimate of drug-likeness (QED) is 0.452. The molecule has 0 aliphatic heterocycles. The number of para-hydroxylation sites is 1. The fourth-order valence-corrected chi connectivity index (χ4v) is 2.34. The minimum atomic E-state index is -0.764. The van der Waals surface area contributed by atoms with E-state index in [2.05, 4.69) is 5.32 Å². The van der Waals surface area contributed by atoms with Gasteiger partial charge in [0.25, 0.3) is 11.6 Å². The van der Waals surface area contributed by atoms with Gasteiger partial charge >= 0.3 is 5.63 Å². The van der Waals surface area contributed by atoms with Crippen LogP contribution in [-0.2, 0) is 0 Å². The summed E-state index contributed by atoms with van der Waals surface area (Å²) in [7, 11) is 0. The van der Waals surface area contributed by atoms with Crippen LogP contribution >= 0.6 is 0 Å². The van der Waals surface area contributed by atoms with Gasteiger partial charge in [-0.05, 0) is 24.6 Å². The highest BCUT2D eigenvalue weighted by atomic mass is 16.6. The van der Waals surface area contributed by atoms with Crippen LogP contribution in [0.4, 0.5) is 11.4 Å². The van der Waals surface area contributed by atoms with Crippen molar-refractivity contribution in [3.05, 3.63) is 80.2 Å². The Morgan fingerprint density at radius 2 is 1.92 bits per heavy atom. The topological polar surface area (TPSA) is 102 Å². The Hall–Kier alpha value is -3.48. The number of carbonyl (C=O) groups is 1. The summed E-state index contributed by atoms with van der Waals surface area (Å²) in [6.45, 7) is 1.80. The molecule has 1 aromatic heterocycles. The third kappa shape index (κ3) is 2.87. The molecule has 2 aromatic carbocycles. The van der Waals surface area contributed by atoms with Crippen LogP contribution in [0.3, 0.4) is 0 Å². The first-order valence-electron chi connectivity index (χ1n) is 7.05. The first kappa shape index (κ1) is 15.4. The van der Waals surface area contributed by atoms with Crippen LogP contribution in [0.15, 0.2) is 57.7 Å². The maximum Gasteiger partial charge on any atom is 0.349 e. The number of anilines is 1. The largest absolute Gasteiger partial charge is 0.422 e. The lowest BCUT2D eigenvalue weighted by molar-refractivity contribution is -0.384. The lowest BCUT2D eigenvalue weighted by atomic mass is 10.1. The fraction of sp³-hybridized carbons (Fsp3) is 0.0588. The molecule has 120 valence electrons. The molecule has 7 heteroatoms. The Kier molecular flexibility index (Phi) is 3.83. The van der Waals surface area contributed by atoms with Crippen molar-refractivity contribution in [3.8, 4) is 0 Å². The van der Waals surface area contributed by atoms with Gasteiger partial charge in [0.2, 0.25) is 0 Å². The van der Waals surface area contributed by atoms with Crippen molar-refractivity contribution in [3.63, 3.8) is 0 Å². The first-order valence-corrected chi connectivity index (χ1v) is 7.05.